The van der Waals surface area contributed by atoms with Crippen LogP contribution in [0.1, 0.15) is 6.92 Å². The largest absolute Gasteiger partial charge is 0.479 e. The molecule has 17 heavy (non-hydrogen) atoms. The third kappa shape index (κ3) is 3.74. The van der Waals surface area contributed by atoms with Gasteiger partial charge in [-0.15, -0.1) is 0 Å². The zero-order chi connectivity index (χ0) is 13.2. The molecular weight excluding hydrogens is 262 g/mol. The summed E-state index contributed by atoms with van der Waals surface area (Å²) in [4.78, 5) is 0. The van der Waals surface area contributed by atoms with Crippen molar-refractivity contribution in [2.24, 2.45) is 5.73 Å². The molecule has 0 radical (unpaired) electrons. The van der Waals surface area contributed by atoms with E-state index in [9.17, 15) is 17.6 Å². The van der Waals surface area contributed by atoms with E-state index < -0.39 is 24.1 Å². The van der Waals surface area contributed by atoms with Crippen molar-refractivity contribution in [2.45, 2.75) is 25.2 Å². The van der Waals surface area contributed by atoms with Crippen LogP contribution in [-0.2, 0) is 0 Å². The molecule has 0 aliphatic heterocycles. The molecule has 0 spiro atoms. The zero-order valence-electron chi connectivity index (χ0n) is 8.76. The Balaban J connectivity index is 2.91. The van der Waals surface area contributed by atoms with Crippen LogP contribution in [0, 0.1) is 5.82 Å². The Bertz CT molecular complexity index is 394. The highest BCUT2D eigenvalue weighted by molar-refractivity contribution is 6.30. The number of nitrogens with two attached hydrogens (primary N) is 1. The van der Waals surface area contributed by atoms with Crippen LogP contribution in [0.3, 0.4) is 0 Å². The summed E-state index contributed by atoms with van der Waals surface area (Å²) in [6, 6.07) is 1.70. The van der Waals surface area contributed by atoms with Gasteiger partial charge in [-0.3, -0.25) is 0 Å². The Morgan fingerprint density at radius 2 is 1.94 bits per heavy atom. The van der Waals surface area contributed by atoms with E-state index in [4.69, 9.17) is 17.3 Å². The van der Waals surface area contributed by atoms with Gasteiger partial charge in [0.2, 0.25) is 6.10 Å². The van der Waals surface area contributed by atoms with Crippen molar-refractivity contribution in [3.05, 3.63) is 29.0 Å². The predicted molar refractivity (Wildman–Crippen MR) is 55.5 cm³/mol. The molecule has 1 rings (SSSR count). The predicted octanol–water partition coefficient (Wildman–Crippen LogP) is 3.14. The quantitative estimate of drug-likeness (QED) is 0.857. The summed E-state index contributed by atoms with van der Waals surface area (Å²) in [6.45, 7) is 1.17. The number of rotatable bonds is 3. The van der Waals surface area contributed by atoms with Crippen molar-refractivity contribution in [3.63, 3.8) is 0 Å². The van der Waals surface area contributed by atoms with E-state index in [2.05, 4.69) is 4.74 Å². The zero-order valence-corrected chi connectivity index (χ0v) is 9.52. The molecule has 0 aromatic heterocycles. The summed E-state index contributed by atoms with van der Waals surface area (Å²) in [5.74, 6) is -0.917. The van der Waals surface area contributed by atoms with E-state index in [0.29, 0.717) is 0 Å². The van der Waals surface area contributed by atoms with E-state index in [1.165, 1.54) is 6.92 Å². The monoisotopic (exact) mass is 271 g/mol. The average molecular weight is 272 g/mol. The van der Waals surface area contributed by atoms with Crippen LogP contribution in [0.4, 0.5) is 17.6 Å². The molecule has 0 bridgehead atoms. The van der Waals surface area contributed by atoms with E-state index >= 15 is 0 Å². The lowest BCUT2D eigenvalue weighted by molar-refractivity contribution is -0.199. The van der Waals surface area contributed by atoms with Gasteiger partial charge in [-0.2, -0.15) is 13.2 Å². The van der Waals surface area contributed by atoms with Crippen molar-refractivity contribution in [2.75, 3.05) is 0 Å². The number of alkyl halides is 3. The Labute approximate surface area is 100 Å². The molecule has 0 aliphatic carbocycles. The van der Waals surface area contributed by atoms with Crippen LogP contribution in [0.15, 0.2) is 18.2 Å². The molecule has 0 aliphatic rings. The normalized spacial score (nSPS) is 15.5. The molecule has 0 saturated heterocycles. The van der Waals surface area contributed by atoms with Gasteiger partial charge in [0.25, 0.3) is 0 Å². The Morgan fingerprint density at radius 3 is 2.35 bits per heavy atom. The summed E-state index contributed by atoms with van der Waals surface area (Å²) in [5.41, 5.74) is 5.19. The minimum Gasteiger partial charge on any atom is -0.479 e. The average Bonchev–Trinajstić information content (AvgIpc) is 2.17. The van der Waals surface area contributed by atoms with Crippen molar-refractivity contribution < 1.29 is 22.3 Å². The van der Waals surface area contributed by atoms with Crippen molar-refractivity contribution in [3.8, 4) is 5.75 Å². The smallest absolute Gasteiger partial charge is 0.426 e. The van der Waals surface area contributed by atoms with Gasteiger partial charge in [0.05, 0.1) is 5.02 Å². The first-order valence-corrected chi connectivity index (χ1v) is 5.03. The molecule has 96 valence electrons. The molecule has 0 fully saturated rings. The van der Waals surface area contributed by atoms with Gasteiger partial charge in [-0.1, -0.05) is 11.6 Å². The molecule has 2 unspecified atom stereocenters. The first-order chi connectivity index (χ1) is 7.71. The number of hydrogen-bond acceptors (Lipinski definition) is 2. The fourth-order valence-electron chi connectivity index (χ4n) is 1.17. The molecule has 1 aromatic carbocycles. The number of benzene rings is 1. The number of halogens is 5. The Hall–Kier alpha value is -1.01. The maximum Gasteiger partial charge on any atom is 0.426 e. The van der Waals surface area contributed by atoms with E-state index in [-0.39, 0.29) is 10.8 Å². The van der Waals surface area contributed by atoms with Crippen LogP contribution in [0.5, 0.6) is 5.75 Å². The third-order valence-corrected chi connectivity index (χ3v) is 2.24. The Morgan fingerprint density at radius 1 is 1.35 bits per heavy atom. The second-order valence-electron chi connectivity index (χ2n) is 3.52. The highest BCUT2D eigenvalue weighted by Crippen LogP contribution is 2.28. The lowest BCUT2D eigenvalue weighted by Crippen LogP contribution is -2.47. The maximum absolute atomic E-state index is 12.8. The Kier molecular flexibility index (Phi) is 4.21. The summed E-state index contributed by atoms with van der Waals surface area (Å²) < 4.78 is 55.0. The fourth-order valence-corrected chi connectivity index (χ4v) is 1.34. The first-order valence-electron chi connectivity index (χ1n) is 4.66. The summed E-state index contributed by atoms with van der Waals surface area (Å²) in [5, 5.41) is -0.312. The van der Waals surface area contributed by atoms with E-state index in [1.807, 2.05) is 0 Å². The van der Waals surface area contributed by atoms with Gasteiger partial charge < -0.3 is 10.5 Å². The van der Waals surface area contributed by atoms with Gasteiger partial charge in [0.1, 0.15) is 11.6 Å². The summed E-state index contributed by atoms with van der Waals surface area (Å²) >= 11 is 5.42. The molecule has 2 atom stereocenters. The van der Waals surface area contributed by atoms with Crippen LogP contribution in [0.25, 0.3) is 0 Å². The minimum absolute atomic E-state index is 0.184. The third-order valence-electron chi connectivity index (χ3n) is 1.95. The number of hydrogen-bond donors (Lipinski definition) is 1. The molecule has 2 nitrogen and oxygen atoms in total. The summed E-state index contributed by atoms with van der Waals surface area (Å²) in [7, 11) is 0. The second kappa shape index (κ2) is 5.10. The summed E-state index contributed by atoms with van der Waals surface area (Å²) in [6.07, 6.45) is -6.77. The molecule has 7 heteroatoms. The van der Waals surface area contributed by atoms with Gasteiger partial charge in [0.15, 0.2) is 0 Å². The van der Waals surface area contributed by atoms with Crippen LogP contribution < -0.4 is 10.5 Å². The molecular formula is C10H10ClF4NO. The van der Waals surface area contributed by atoms with Crippen LogP contribution in [-0.4, -0.2) is 18.3 Å². The van der Waals surface area contributed by atoms with Gasteiger partial charge in [-0.25, -0.2) is 4.39 Å². The lowest BCUT2D eigenvalue weighted by Gasteiger charge is -2.24. The maximum atomic E-state index is 12.8. The van der Waals surface area contributed by atoms with Gasteiger partial charge >= 0.3 is 6.18 Å². The highest BCUT2D eigenvalue weighted by atomic mass is 35.5. The van der Waals surface area contributed by atoms with E-state index in [0.717, 1.165) is 18.2 Å². The number of ether oxygens (including phenoxy) is 1. The molecule has 0 amide bonds. The minimum atomic E-state index is -4.60. The van der Waals surface area contributed by atoms with Gasteiger partial charge in [0, 0.05) is 12.1 Å². The molecule has 0 heterocycles. The standard InChI is InChI=1S/C10H10ClF4NO/c1-5(16)9(10(13,14)15)17-6-2-3-8(12)7(11)4-6/h2-5,9H,16H2,1H3. The molecule has 1 aromatic rings. The molecule has 0 saturated carbocycles. The highest BCUT2D eigenvalue weighted by Gasteiger charge is 2.44. The first kappa shape index (κ1) is 14.1. The van der Waals surface area contributed by atoms with Crippen LogP contribution in [0.2, 0.25) is 5.02 Å². The van der Waals surface area contributed by atoms with E-state index in [1.54, 1.807) is 0 Å². The second-order valence-corrected chi connectivity index (χ2v) is 3.92. The lowest BCUT2D eigenvalue weighted by atomic mass is 10.2. The molecule has 2 N–H and O–H groups in total. The van der Waals surface area contributed by atoms with Crippen molar-refractivity contribution in [1.82, 2.24) is 0 Å². The van der Waals surface area contributed by atoms with Gasteiger partial charge in [-0.05, 0) is 19.1 Å². The van der Waals surface area contributed by atoms with Crippen molar-refractivity contribution >= 4 is 11.6 Å². The fraction of sp³-hybridized carbons (Fsp3) is 0.400. The van der Waals surface area contributed by atoms with Crippen LogP contribution >= 0.6 is 11.6 Å². The van der Waals surface area contributed by atoms with Crippen molar-refractivity contribution in [1.29, 1.82) is 0 Å². The SMILES string of the molecule is CC(N)C(Oc1ccc(F)c(Cl)c1)C(F)(F)F. The topological polar surface area (TPSA) is 35.2 Å².